The van der Waals surface area contributed by atoms with Crippen LogP contribution in [0.1, 0.15) is 44.7 Å². The average Bonchev–Trinajstić information content (AvgIpc) is 3.46. The first-order valence-corrected chi connectivity index (χ1v) is 20.5. The van der Waals surface area contributed by atoms with Crippen molar-refractivity contribution in [1.82, 2.24) is 9.97 Å². The van der Waals surface area contributed by atoms with Crippen molar-refractivity contribution >= 4 is 35.2 Å². The average molecular weight is 855 g/mol. The Morgan fingerprint density at radius 2 is 1.56 bits per heavy atom. The predicted molar refractivity (Wildman–Crippen MR) is 205 cm³/mol. The van der Waals surface area contributed by atoms with Gasteiger partial charge in [0, 0.05) is 43.4 Å². The molecule has 0 aliphatic heterocycles. The summed E-state index contributed by atoms with van der Waals surface area (Å²) >= 11 is 0. The van der Waals surface area contributed by atoms with Gasteiger partial charge in [-0.25, -0.2) is 4.39 Å². The van der Waals surface area contributed by atoms with Gasteiger partial charge in [0.05, 0.1) is 13.7 Å². The number of pyridine rings is 2. The van der Waals surface area contributed by atoms with E-state index in [-0.39, 0.29) is 25.9 Å². The fourth-order valence-electron chi connectivity index (χ4n) is 6.22. The molecule has 3 heterocycles. The Hall–Kier alpha value is -4.22. The molecule has 0 saturated carbocycles. The first kappa shape index (κ1) is 37.0. The molecule has 0 aliphatic rings. The number of hydrogen-bond acceptors (Lipinski definition) is 3. The molecule has 0 aliphatic carbocycles. The smallest absolute Gasteiger partial charge is 0.131 e. The number of fused-ring (bicyclic) bond motifs is 3. The first-order valence-electron chi connectivity index (χ1n) is 17.0. The third-order valence-electron chi connectivity index (χ3n) is 8.74. The molecule has 0 N–H and O–H groups in total. The number of halogens is 1. The standard InChI is InChI=1S/C26H19FNO.C18H24NSi.Ir/c1-16(2)17-12-13-28-24(14-17)22-8-5-7-21-20-11-10-18(15-25(20)29-26(21)22)19-6-3-4-9-23(19)27;1-14(2)11-16-12-17(15-9-7-6-8-10-15)19-13-18(16)20(3,4)5;/h3-7,9-16H,1-2H3;6-9,12-14H,11H2,1-5H3;/q2*-1;. The van der Waals surface area contributed by atoms with Gasteiger partial charge in [0.25, 0.3) is 0 Å². The van der Waals surface area contributed by atoms with Crippen LogP contribution in [0.3, 0.4) is 0 Å². The van der Waals surface area contributed by atoms with Crippen LogP contribution >= 0.6 is 0 Å². The van der Waals surface area contributed by atoms with Gasteiger partial charge in [-0.15, -0.1) is 54.1 Å². The number of nitrogens with zero attached hydrogens (tertiary/aromatic N) is 2. The Morgan fingerprint density at radius 1 is 0.780 bits per heavy atom. The van der Waals surface area contributed by atoms with Gasteiger partial charge < -0.3 is 14.4 Å². The Kier molecular flexibility index (Phi) is 11.7. The minimum Gasteiger partial charge on any atom is -0.501 e. The molecule has 0 bridgehead atoms. The van der Waals surface area contributed by atoms with Crippen molar-refractivity contribution in [3.8, 4) is 33.6 Å². The molecule has 0 atom stereocenters. The minimum atomic E-state index is -1.34. The monoisotopic (exact) mass is 855 g/mol. The van der Waals surface area contributed by atoms with E-state index in [2.05, 4.69) is 93.8 Å². The fraction of sp³-hybridized carbons (Fsp3) is 0.227. The molecule has 0 saturated heterocycles. The molecule has 0 amide bonds. The molecular weight excluding hydrogens is 812 g/mol. The maximum Gasteiger partial charge on any atom is 0.131 e. The topological polar surface area (TPSA) is 38.9 Å². The van der Waals surface area contributed by atoms with Crippen molar-refractivity contribution in [3.05, 3.63) is 139 Å². The quantitative estimate of drug-likeness (QED) is 0.118. The van der Waals surface area contributed by atoms with Gasteiger partial charge in [-0.2, -0.15) is 0 Å². The van der Waals surface area contributed by atoms with Crippen molar-refractivity contribution in [3.63, 3.8) is 0 Å². The van der Waals surface area contributed by atoms with Crippen LogP contribution in [-0.2, 0) is 26.5 Å². The van der Waals surface area contributed by atoms with Crippen LogP contribution in [-0.4, -0.2) is 18.0 Å². The van der Waals surface area contributed by atoms with Crippen molar-refractivity contribution < 1.29 is 28.9 Å². The summed E-state index contributed by atoms with van der Waals surface area (Å²) in [4.78, 5) is 9.24. The summed E-state index contributed by atoms with van der Waals surface area (Å²) in [6.07, 6.45) is 5.07. The molecular formula is C44H43FIrN2OSi-2. The van der Waals surface area contributed by atoms with E-state index < -0.39 is 8.07 Å². The van der Waals surface area contributed by atoms with E-state index in [1.165, 1.54) is 22.4 Å². The third kappa shape index (κ3) is 8.21. The molecule has 0 fully saturated rings. The molecule has 6 heteroatoms. The summed E-state index contributed by atoms with van der Waals surface area (Å²) < 4.78 is 20.5. The molecule has 4 aromatic carbocycles. The number of benzene rings is 4. The number of aromatic nitrogens is 2. The van der Waals surface area contributed by atoms with Crippen LogP contribution < -0.4 is 5.19 Å². The minimum absolute atomic E-state index is 0. The van der Waals surface area contributed by atoms with Gasteiger partial charge in [-0.3, -0.25) is 0 Å². The fourth-order valence-corrected chi connectivity index (χ4v) is 7.81. The zero-order valence-corrected chi connectivity index (χ0v) is 33.2. The molecule has 0 spiro atoms. The Bertz CT molecular complexity index is 2220. The number of hydrogen-bond donors (Lipinski definition) is 0. The van der Waals surface area contributed by atoms with Crippen molar-refractivity contribution in [2.45, 2.75) is 59.7 Å². The molecule has 0 unspecified atom stereocenters. The maximum absolute atomic E-state index is 14.2. The van der Waals surface area contributed by atoms with Gasteiger partial charge in [0.2, 0.25) is 0 Å². The van der Waals surface area contributed by atoms with E-state index in [0.29, 0.717) is 17.4 Å². The molecule has 50 heavy (non-hydrogen) atoms. The van der Waals surface area contributed by atoms with Gasteiger partial charge in [-0.05, 0) is 58.6 Å². The molecule has 7 aromatic rings. The molecule has 3 aromatic heterocycles. The van der Waals surface area contributed by atoms with Crippen LogP contribution in [0.15, 0.2) is 114 Å². The van der Waals surface area contributed by atoms with Gasteiger partial charge in [0.15, 0.2) is 0 Å². The van der Waals surface area contributed by atoms with E-state index in [0.717, 1.165) is 56.4 Å². The zero-order valence-electron chi connectivity index (χ0n) is 29.8. The van der Waals surface area contributed by atoms with E-state index >= 15 is 0 Å². The normalized spacial score (nSPS) is 11.5. The predicted octanol–water partition coefficient (Wildman–Crippen LogP) is 11.7. The van der Waals surface area contributed by atoms with Gasteiger partial charge in [-0.1, -0.05) is 112 Å². The molecule has 7 rings (SSSR count). The Morgan fingerprint density at radius 3 is 2.26 bits per heavy atom. The van der Waals surface area contributed by atoms with Gasteiger partial charge >= 0.3 is 0 Å². The van der Waals surface area contributed by atoms with Gasteiger partial charge in [0.1, 0.15) is 11.4 Å². The number of furan rings is 1. The summed E-state index contributed by atoms with van der Waals surface area (Å²) in [5, 5.41) is 3.49. The van der Waals surface area contributed by atoms with Crippen LogP contribution in [0.5, 0.6) is 0 Å². The summed E-state index contributed by atoms with van der Waals surface area (Å²) in [5.74, 6) is 0.835. The molecule has 1 radical (unpaired) electrons. The van der Waals surface area contributed by atoms with Crippen molar-refractivity contribution in [2.24, 2.45) is 5.92 Å². The first-order chi connectivity index (χ1) is 23.5. The molecule has 3 nitrogen and oxygen atoms in total. The summed E-state index contributed by atoms with van der Waals surface area (Å²) in [7, 11) is -1.34. The zero-order chi connectivity index (χ0) is 34.7. The van der Waals surface area contributed by atoms with Crippen LogP contribution in [0.4, 0.5) is 4.39 Å². The van der Waals surface area contributed by atoms with Crippen molar-refractivity contribution in [2.75, 3.05) is 0 Å². The second kappa shape index (κ2) is 15.8. The summed E-state index contributed by atoms with van der Waals surface area (Å²) in [6, 6.07) is 37.5. The van der Waals surface area contributed by atoms with Crippen molar-refractivity contribution in [1.29, 1.82) is 0 Å². The Labute approximate surface area is 310 Å². The largest absolute Gasteiger partial charge is 0.501 e. The van der Waals surface area contributed by atoms with E-state index in [4.69, 9.17) is 4.42 Å². The van der Waals surface area contributed by atoms with E-state index in [1.54, 1.807) is 12.1 Å². The van der Waals surface area contributed by atoms with E-state index in [9.17, 15) is 4.39 Å². The Balaban J connectivity index is 0.000000204. The summed E-state index contributed by atoms with van der Waals surface area (Å²) in [5.41, 5.74) is 9.34. The van der Waals surface area contributed by atoms with Crippen LogP contribution in [0, 0.1) is 23.9 Å². The molecule has 257 valence electrons. The van der Waals surface area contributed by atoms with Crippen LogP contribution in [0.2, 0.25) is 19.6 Å². The van der Waals surface area contributed by atoms with E-state index in [1.807, 2.05) is 66.9 Å². The second-order valence-electron chi connectivity index (χ2n) is 14.4. The van der Waals surface area contributed by atoms with Crippen LogP contribution in [0.25, 0.3) is 55.6 Å². The second-order valence-corrected chi connectivity index (χ2v) is 19.4. The SMILES string of the molecule is CC(C)Cc1cc(-c2[c-]cccc2)ncc1[Si](C)(C)C.CC(C)c1ccnc(-c2[c-]ccc3c2oc2cc(-c4ccccc4F)ccc23)c1.[Ir]. The third-order valence-corrected chi connectivity index (χ3v) is 10.8. The summed E-state index contributed by atoms with van der Waals surface area (Å²) in [6.45, 7) is 16.1. The number of rotatable bonds is 7. The maximum atomic E-state index is 14.2.